The maximum absolute atomic E-state index is 14.5. The van der Waals surface area contributed by atoms with E-state index < -0.39 is 71.8 Å². The van der Waals surface area contributed by atoms with Crippen LogP contribution in [0, 0.1) is 0 Å². The Kier molecular flexibility index (Phi) is 16.5. The summed E-state index contributed by atoms with van der Waals surface area (Å²) in [5, 5.41) is 25.6. The minimum atomic E-state index is -1.34. The van der Waals surface area contributed by atoms with Crippen LogP contribution in [-0.4, -0.2) is 110 Å². The highest BCUT2D eigenvalue weighted by Crippen LogP contribution is 2.22. The summed E-state index contributed by atoms with van der Waals surface area (Å²) in [5.41, 5.74) is 16.4. The number of H-pyrrole nitrogens is 3. The molecule has 0 bridgehead atoms. The molecule has 17 nitrogen and oxygen atoms in total. The van der Waals surface area contributed by atoms with E-state index in [0.717, 1.165) is 38.3 Å². The molecule has 338 valence electrons. The third kappa shape index (κ3) is 11.8. The highest BCUT2D eigenvalue weighted by molar-refractivity contribution is 7.80. The second-order valence-electron chi connectivity index (χ2n) is 15.6. The highest BCUT2D eigenvalue weighted by atomic mass is 32.1. The van der Waals surface area contributed by atoms with Gasteiger partial charge in [0.2, 0.25) is 29.5 Å². The molecule has 6 atom stereocenters. The van der Waals surface area contributed by atoms with Crippen molar-refractivity contribution in [1.29, 1.82) is 0 Å². The number of aromatic amines is 3. The molecule has 0 radical (unpaired) electrons. The molecule has 0 spiro atoms. The molecule has 0 aliphatic heterocycles. The van der Waals surface area contributed by atoms with E-state index in [-0.39, 0.29) is 30.8 Å². The van der Waals surface area contributed by atoms with E-state index in [2.05, 4.69) is 66.8 Å². The van der Waals surface area contributed by atoms with E-state index in [1.807, 2.05) is 72.8 Å². The lowest BCUT2D eigenvalue weighted by Gasteiger charge is -2.27. The number of carboxylic acids is 1. The first-order valence-electron chi connectivity index (χ1n) is 21.0. The lowest BCUT2D eigenvalue weighted by molar-refractivity contribution is -0.141. The molecule has 0 aliphatic carbocycles. The van der Waals surface area contributed by atoms with E-state index in [0.29, 0.717) is 36.9 Å². The predicted molar refractivity (Wildman–Crippen MR) is 252 cm³/mol. The molecule has 19 heteroatoms. The van der Waals surface area contributed by atoms with Crippen molar-refractivity contribution in [2.75, 3.05) is 18.1 Å². The van der Waals surface area contributed by atoms with Crippen LogP contribution < -0.4 is 38.1 Å². The topological polar surface area (TPSA) is 282 Å². The number of fused-ring (bicyclic) bond motifs is 3. The number of amides is 5. The number of hydrogen-bond donors (Lipinski definition) is 13. The Hall–Kier alpha value is -6.28. The van der Waals surface area contributed by atoms with E-state index in [4.69, 9.17) is 11.5 Å². The third-order valence-electron chi connectivity index (χ3n) is 11.1. The number of rotatable bonds is 23. The van der Waals surface area contributed by atoms with Gasteiger partial charge in [-0.05, 0) is 54.3 Å². The molecule has 6 aromatic rings. The second kappa shape index (κ2) is 22.4. The smallest absolute Gasteiger partial charge is 0.327 e. The van der Waals surface area contributed by atoms with Crippen molar-refractivity contribution in [3.63, 3.8) is 0 Å². The highest BCUT2D eigenvalue weighted by Gasteiger charge is 2.34. The van der Waals surface area contributed by atoms with E-state index in [1.54, 1.807) is 18.6 Å². The molecule has 0 fully saturated rings. The Balaban J connectivity index is 1.26. The fourth-order valence-corrected chi connectivity index (χ4v) is 8.08. The number of nitrogens with two attached hydrogens (primary N) is 2. The van der Waals surface area contributed by atoms with Crippen LogP contribution in [-0.2, 0) is 48.0 Å². The van der Waals surface area contributed by atoms with Crippen molar-refractivity contribution >= 4 is 93.5 Å². The number of benzene rings is 3. The molecule has 0 unspecified atom stereocenters. The number of aliphatic carboxylic acids is 1. The Morgan fingerprint density at radius 3 is 1.23 bits per heavy atom. The van der Waals surface area contributed by atoms with Gasteiger partial charge in [0.1, 0.15) is 30.2 Å². The van der Waals surface area contributed by atoms with Gasteiger partial charge in [0.25, 0.3) is 0 Å². The molecule has 3 aromatic carbocycles. The van der Waals surface area contributed by atoms with Crippen molar-refractivity contribution in [1.82, 2.24) is 41.5 Å². The van der Waals surface area contributed by atoms with Crippen LogP contribution in [0.25, 0.3) is 32.7 Å². The van der Waals surface area contributed by atoms with Crippen LogP contribution >= 0.6 is 25.3 Å². The average Bonchev–Trinajstić information content (AvgIpc) is 4.03. The minimum absolute atomic E-state index is 0.0270. The molecule has 0 saturated heterocycles. The number of thiol groups is 2. The molecular formula is C45H54N10O7S2. The van der Waals surface area contributed by atoms with E-state index >= 15 is 0 Å². The Labute approximate surface area is 379 Å². The maximum atomic E-state index is 14.5. The Morgan fingerprint density at radius 2 is 0.859 bits per heavy atom. The normalized spacial score (nSPS) is 14.2. The summed E-state index contributed by atoms with van der Waals surface area (Å²) in [6.07, 6.45) is 6.82. The summed E-state index contributed by atoms with van der Waals surface area (Å²) in [6.45, 7) is 0.445. The average molecular weight is 911 g/mol. The zero-order chi connectivity index (χ0) is 45.8. The van der Waals surface area contributed by atoms with Crippen molar-refractivity contribution in [2.24, 2.45) is 11.5 Å². The molecule has 0 aliphatic rings. The maximum Gasteiger partial charge on any atom is 0.327 e. The number of aromatic nitrogens is 3. The Bertz CT molecular complexity index is 2590. The number of para-hydroxylation sites is 3. The van der Waals surface area contributed by atoms with Crippen molar-refractivity contribution < 1.29 is 33.9 Å². The van der Waals surface area contributed by atoms with E-state index in [1.165, 1.54) is 0 Å². The van der Waals surface area contributed by atoms with Gasteiger partial charge in [-0.3, -0.25) is 24.0 Å². The Morgan fingerprint density at radius 1 is 0.516 bits per heavy atom. The van der Waals surface area contributed by atoms with Gasteiger partial charge in [-0.1, -0.05) is 61.0 Å². The van der Waals surface area contributed by atoms with Crippen molar-refractivity contribution in [3.05, 3.63) is 108 Å². The van der Waals surface area contributed by atoms with Crippen LogP contribution in [0.3, 0.4) is 0 Å². The number of unbranched alkanes of at least 4 members (excludes halogenated alkanes) is 1. The molecular weight excluding hydrogens is 857 g/mol. The first-order chi connectivity index (χ1) is 30.9. The van der Waals surface area contributed by atoms with Crippen molar-refractivity contribution in [3.8, 4) is 0 Å². The van der Waals surface area contributed by atoms with Gasteiger partial charge < -0.3 is 58.1 Å². The number of carbonyl (C=O) groups is 6. The lowest BCUT2D eigenvalue weighted by atomic mass is 10.0. The number of hydrogen-bond acceptors (Lipinski definition) is 10. The van der Waals surface area contributed by atoms with Gasteiger partial charge in [0, 0.05) is 82.1 Å². The molecule has 64 heavy (non-hydrogen) atoms. The van der Waals surface area contributed by atoms with Crippen LogP contribution in [0.4, 0.5) is 0 Å². The van der Waals surface area contributed by atoms with Crippen LogP contribution in [0.5, 0.6) is 0 Å². The number of nitrogens with one attached hydrogen (secondary N) is 8. The van der Waals surface area contributed by atoms with E-state index in [9.17, 15) is 33.9 Å². The summed E-state index contributed by atoms with van der Waals surface area (Å²) >= 11 is 8.45. The molecule has 5 amide bonds. The largest absolute Gasteiger partial charge is 0.480 e. The summed E-state index contributed by atoms with van der Waals surface area (Å²) in [4.78, 5) is 91.5. The van der Waals surface area contributed by atoms with Gasteiger partial charge in [0.15, 0.2) is 0 Å². The zero-order valence-corrected chi connectivity index (χ0v) is 36.7. The second-order valence-corrected chi connectivity index (χ2v) is 16.3. The monoisotopic (exact) mass is 910 g/mol. The molecule has 3 aromatic heterocycles. The molecule has 3 heterocycles. The number of carboxylic acid groups (broad SMARTS) is 1. The lowest BCUT2D eigenvalue weighted by Crippen LogP contribution is -2.60. The van der Waals surface area contributed by atoms with Crippen molar-refractivity contribution in [2.45, 2.75) is 74.8 Å². The SMILES string of the molecule is NCCCC[C@H](N)C(=O)N[C@@H](Cc1c[nH]c2ccccc12)C(=O)N[C@@H](Cc1c[nH]c2ccccc12)C(=O)N[C@@H](CS)C(=O)N[C@@H](Cc1c[nH]c2ccccc12)C(=O)N[C@@H](CS)C(=O)O. The third-order valence-corrected chi connectivity index (χ3v) is 11.8. The van der Waals surface area contributed by atoms with Crippen LogP contribution in [0.2, 0.25) is 0 Å². The first kappa shape index (κ1) is 47.2. The predicted octanol–water partition coefficient (Wildman–Crippen LogP) is 1.98. The molecule has 6 rings (SSSR count). The minimum Gasteiger partial charge on any atom is -0.480 e. The fraction of sp³-hybridized carbons (Fsp3) is 0.333. The summed E-state index contributed by atoms with van der Waals surface area (Å²) in [6, 6.07) is 15.0. The van der Waals surface area contributed by atoms with Crippen LogP contribution in [0.15, 0.2) is 91.4 Å². The standard InChI is InChI=1S/C45H54N10O7S2/c46-16-8-7-12-31(47)40(56)51-35(17-25-20-48-32-13-4-1-9-28(25)32)41(57)52-36(18-26-21-49-33-14-5-2-10-29(26)33)42(58)54-38(23-63)44(60)53-37(43(59)55-39(24-64)45(61)62)19-27-22-50-34-15-6-3-11-30(27)34/h1-6,9-11,13-15,20-22,31,35-39,48-50,63-64H,7-8,12,16-19,23-24,46-47H2,(H,51,56)(H,52,57)(H,53,60)(H,54,58)(H,55,59)(H,61,62)/t31-,35-,36-,37-,38-,39-/m0/s1. The van der Waals surface area contributed by atoms with Gasteiger partial charge in [-0.25, -0.2) is 4.79 Å². The zero-order valence-electron chi connectivity index (χ0n) is 34.9. The number of carbonyl (C=O) groups excluding carboxylic acids is 5. The van der Waals surface area contributed by atoms with Gasteiger partial charge >= 0.3 is 5.97 Å². The summed E-state index contributed by atoms with van der Waals surface area (Å²) in [7, 11) is 0. The summed E-state index contributed by atoms with van der Waals surface area (Å²) < 4.78 is 0. The van der Waals surface area contributed by atoms with Gasteiger partial charge in [0.05, 0.1) is 6.04 Å². The quantitative estimate of drug-likeness (QED) is 0.0330. The first-order valence-corrected chi connectivity index (χ1v) is 22.2. The fourth-order valence-electron chi connectivity index (χ4n) is 7.58. The van der Waals surface area contributed by atoms with Gasteiger partial charge in [-0.15, -0.1) is 0 Å². The van der Waals surface area contributed by atoms with Gasteiger partial charge in [-0.2, -0.15) is 25.3 Å². The van der Waals surface area contributed by atoms with Crippen LogP contribution in [0.1, 0.15) is 36.0 Å². The summed E-state index contributed by atoms with van der Waals surface area (Å²) in [5.74, 6) is -5.27. The molecule has 0 saturated carbocycles. The molecule has 13 N–H and O–H groups in total.